The SMILES string of the molecule is CCC1(C)CNC(C2CC2)CN1Cc1ccc(Br)cc1Cl. The number of halogens is 2. The minimum atomic E-state index is 0.224. The summed E-state index contributed by atoms with van der Waals surface area (Å²) in [5.41, 5.74) is 1.46. The lowest BCUT2D eigenvalue weighted by Gasteiger charge is -2.48. The van der Waals surface area contributed by atoms with Gasteiger partial charge in [0.2, 0.25) is 0 Å². The average molecular weight is 372 g/mol. The number of hydrogen-bond donors (Lipinski definition) is 1. The van der Waals surface area contributed by atoms with Crippen molar-refractivity contribution >= 4 is 27.5 Å². The van der Waals surface area contributed by atoms with Gasteiger partial charge in [0.05, 0.1) is 0 Å². The highest BCUT2D eigenvalue weighted by Gasteiger charge is 2.41. The van der Waals surface area contributed by atoms with Gasteiger partial charge in [0.15, 0.2) is 0 Å². The van der Waals surface area contributed by atoms with E-state index in [1.54, 1.807) is 0 Å². The van der Waals surface area contributed by atoms with Crippen LogP contribution in [0.1, 0.15) is 38.7 Å². The Morgan fingerprint density at radius 1 is 1.43 bits per heavy atom. The smallest absolute Gasteiger partial charge is 0.0462 e. The second-order valence-electron chi connectivity index (χ2n) is 6.79. The van der Waals surface area contributed by atoms with Gasteiger partial charge in [-0.1, -0.05) is 40.5 Å². The second-order valence-corrected chi connectivity index (χ2v) is 8.11. The van der Waals surface area contributed by atoms with Crippen molar-refractivity contribution in [3.05, 3.63) is 33.3 Å². The van der Waals surface area contributed by atoms with Crippen molar-refractivity contribution in [3.63, 3.8) is 0 Å². The molecule has 1 heterocycles. The summed E-state index contributed by atoms with van der Waals surface area (Å²) in [7, 11) is 0. The van der Waals surface area contributed by atoms with Crippen molar-refractivity contribution in [1.82, 2.24) is 10.2 Å². The predicted octanol–water partition coefficient (Wildman–Crippen LogP) is 4.46. The van der Waals surface area contributed by atoms with Gasteiger partial charge in [0.1, 0.15) is 0 Å². The van der Waals surface area contributed by atoms with Gasteiger partial charge in [0, 0.05) is 40.7 Å². The Kier molecular flexibility index (Phi) is 4.66. The molecule has 2 fully saturated rings. The maximum absolute atomic E-state index is 6.42. The predicted molar refractivity (Wildman–Crippen MR) is 92.8 cm³/mol. The number of piperazine rings is 1. The number of rotatable bonds is 4. The topological polar surface area (TPSA) is 15.3 Å². The fourth-order valence-corrected chi connectivity index (χ4v) is 3.99. The molecule has 0 bridgehead atoms. The van der Waals surface area contributed by atoms with Crippen LogP contribution in [0.2, 0.25) is 5.02 Å². The second kappa shape index (κ2) is 6.19. The Hall–Kier alpha value is -0.0900. The monoisotopic (exact) mass is 370 g/mol. The number of nitrogens with one attached hydrogen (secondary N) is 1. The summed E-state index contributed by atoms with van der Waals surface area (Å²) in [5.74, 6) is 0.897. The molecular weight excluding hydrogens is 348 g/mol. The van der Waals surface area contributed by atoms with Gasteiger partial charge in [-0.3, -0.25) is 4.90 Å². The normalized spacial score (nSPS) is 30.6. The van der Waals surface area contributed by atoms with Gasteiger partial charge in [0.25, 0.3) is 0 Å². The van der Waals surface area contributed by atoms with Gasteiger partial charge in [-0.25, -0.2) is 0 Å². The third-order valence-corrected chi connectivity index (χ3v) is 6.10. The molecule has 0 aromatic heterocycles. The molecule has 1 aliphatic heterocycles. The van der Waals surface area contributed by atoms with E-state index in [-0.39, 0.29) is 5.54 Å². The quantitative estimate of drug-likeness (QED) is 0.841. The van der Waals surface area contributed by atoms with E-state index in [0.29, 0.717) is 6.04 Å². The van der Waals surface area contributed by atoms with Crippen LogP contribution in [0, 0.1) is 5.92 Å². The van der Waals surface area contributed by atoms with Crippen LogP contribution in [0.15, 0.2) is 22.7 Å². The van der Waals surface area contributed by atoms with Crippen LogP contribution in [0.4, 0.5) is 0 Å². The van der Waals surface area contributed by atoms with E-state index >= 15 is 0 Å². The van der Waals surface area contributed by atoms with E-state index in [1.165, 1.54) is 18.4 Å². The molecule has 1 saturated heterocycles. The summed E-state index contributed by atoms with van der Waals surface area (Å²) in [5, 5.41) is 4.65. The fraction of sp³-hybridized carbons (Fsp3) is 0.647. The largest absolute Gasteiger partial charge is 0.311 e. The van der Waals surface area contributed by atoms with Crippen molar-refractivity contribution in [2.45, 2.75) is 51.2 Å². The lowest BCUT2D eigenvalue weighted by molar-refractivity contribution is 0.0369. The van der Waals surface area contributed by atoms with Gasteiger partial charge in [-0.15, -0.1) is 0 Å². The number of benzene rings is 1. The zero-order valence-corrected chi connectivity index (χ0v) is 15.2. The molecule has 2 atom stereocenters. The average Bonchev–Trinajstić information content (AvgIpc) is 3.28. The Balaban J connectivity index is 1.78. The van der Waals surface area contributed by atoms with E-state index in [4.69, 9.17) is 11.6 Å². The molecule has 1 aromatic rings. The van der Waals surface area contributed by atoms with Gasteiger partial charge in [-0.05, 0) is 49.8 Å². The molecule has 4 heteroatoms. The van der Waals surface area contributed by atoms with Crippen molar-refractivity contribution in [3.8, 4) is 0 Å². The van der Waals surface area contributed by atoms with Crippen LogP contribution >= 0.6 is 27.5 Å². The molecule has 21 heavy (non-hydrogen) atoms. The Morgan fingerprint density at radius 2 is 2.19 bits per heavy atom. The van der Waals surface area contributed by atoms with Crippen molar-refractivity contribution < 1.29 is 0 Å². The summed E-state index contributed by atoms with van der Waals surface area (Å²) in [6, 6.07) is 6.90. The highest BCUT2D eigenvalue weighted by Crippen LogP contribution is 2.37. The number of nitrogens with zero attached hydrogens (tertiary/aromatic N) is 1. The molecule has 116 valence electrons. The zero-order chi connectivity index (χ0) is 15.0. The van der Waals surface area contributed by atoms with Gasteiger partial charge >= 0.3 is 0 Å². The maximum atomic E-state index is 6.42. The summed E-state index contributed by atoms with van der Waals surface area (Å²) in [6.07, 6.45) is 3.95. The highest BCUT2D eigenvalue weighted by molar-refractivity contribution is 9.10. The van der Waals surface area contributed by atoms with Crippen molar-refractivity contribution in [2.24, 2.45) is 5.92 Å². The summed E-state index contributed by atoms with van der Waals surface area (Å²) >= 11 is 9.91. The van der Waals surface area contributed by atoms with Crippen molar-refractivity contribution in [2.75, 3.05) is 13.1 Å². The third kappa shape index (κ3) is 3.47. The molecule has 3 rings (SSSR count). The molecule has 2 nitrogen and oxygen atoms in total. The first-order chi connectivity index (χ1) is 10.0. The molecule has 1 aliphatic carbocycles. The first kappa shape index (κ1) is 15.8. The molecule has 2 unspecified atom stereocenters. The molecule has 0 spiro atoms. The first-order valence-electron chi connectivity index (χ1n) is 7.94. The Morgan fingerprint density at radius 3 is 2.81 bits per heavy atom. The fourth-order valence-electron chi connectivity index (χ4n) is 3.26. The lowest BCUT2D eigenvalue weighted by Crippen LogP contribution is -2.63. The van der Waals surface area contributed by atoms with Crippen LogP contribution in [0.5, 0.6) is 0 Å². The molecule has 1 aromatic carbocycles. The minimum Gasteiger partial charge on any atom is -0.311 e. The van der Waals surface area contributed by atoms with E-state index in [2.05, 4.69) is 52.1 Å². The third-order valence-electron chi connectivity index (χ3n) is 5.25. The maximum Gasteiger partial charge on any atom is 0.0462 e. The van der Waals surface area contributed by atoms with E-state index < -0.39 is 0 Å². The summed E-state index contributed by atoms with van der Waals surface area (Å²) in [4.78, 5) is 2.64. The Labute approximate surface area is 141 Å². The lowest BCUT2D eigenvalue weighted by atomic mass is 9.90. The summed E-state index contributed by atoms with van der Waals surface area (Å²) in [6.45, 7) is 7.83. The van der Waals surface area contributed by atoms with Crippen molar-refractivity contribution in [1.29, 1.82) is 0 Å². The Bertz CT molecular complexity index is 518. The number of hydrogen-bond acceptors (Lipinski definition) is 2. The first-order valence-corrected chi connectivity index (χ1v) is 9.11. The van der Waals surface area contributed by atoms with Crippen LogP contribution < -0.4 is 5.32 Å². The van der Waals surface area contributed by atoms with Gasteiger partial charge < -0.3 is 5.32 Å². The van der Waals surface area contributed by atoms with Crippen LogP contribution in [-0.4, -0.2) is 29.6 Å². The van der Waals surface area contributed by atoms with Crippen LogP contribution in [0.25, 0.3) is 0 Å². The standard InChI is InChI=1S/C17H24BrClN2/c1-3-17(2)11-20-16(12-4-5-12)10-21(17)9-13-6-7-14(18)8-15(13)19/h6-8,12,16,20H,3-5,9-11H2,1-2H3. The summed E-state index contributed by atoms with van der Waals surface area (Å²) < 4.78 is 1.05. The minimum absolute atomic E-state index is 0.224. The molecule has 0 radical (unpaired) electrons. The van der Waals surface area contributed by atoms with Crippen LogP contribution in [0.3, 0.4) is 0 Å². The molecule has 0 amide bonds. The molecular formula is C17H24BrClN2. The van der Waals surface area contributed by atoms with E-state index in [1.807, 2.05) is 6.07 Å². The van der Waals surface area contributed by atoms with E-state index in [9.17, 15) is 0 Å². The van der Waals surface area contributed by atoms with E-state index in [0.717, 1.165) is 41.5 Å². The molecule has 2 aliphatic rings. The highest BCUT2D eigenvalue weighted by atomic mass is 79.9. The zero-order valence-electron chi connectivity index (χ0n) is 12.8. The molecule has 1 saturated carbocycles. The molecule has 1 N–H and O–H groups in total. The van der Waals surface area contributed by atoms with Gasteiger partial charge in [-0.2, -0.15) is 0 Å². The van der Waals surface area contributed by atoms with Crippen LogP contribution in [-0.2, 0) is 6.54 Å².